The maximum Gasteiger partial charge on any atom is 0.0966 e. The highest BCUT2D eigenvalue weighted by Crippen LogP contribution is 2.46. The molecule has 7 nitrogen and oxygen atoms in total. The normalized spacial score (nSPS) is 12.6. The second-order valence-corrected chi connectivity index (χ2v) is 13.7. The van der Waals surface area contributed by atoms with Gasteiger partial charge < -0.3 is 14.7 Å². The number of pyridine rings is 4. The molecule has 4 aromatic heterocycles. The van der Waals surface area contributed by atoms with E-state index >= 15 is 0 Å². The standard InChI is InChI=1S/C48H31N7/c1-2-11-36(12-3-1)53-37-13-4-15-39(27-37)54(43-25-34-21-19-32-9-7-23-49-45(32)47(34)51-30-43)41-17-6-18-42(29-41)55(40-16-5-14-38(53)28-40)44-26-35-22-20-33-10-8-24-50-46(33)48(35)52-31-44/h1-31H. The van der Waals surface area contributed by atoms with Crippen LogP contribution in [0, 0.1) is 0 Å². The lowest BCUT2D eigenvalue weighted by Crippen LogP contribution is -2.16. The van der Waals surface area contributed by atoms with Crippen molar-refractivity contribution in [3.63, 3.8) is 0 Å². The molecular weight excluding hydrogens is 675 g/mol. The van der Waals surface area contributed by atoms with Gasteiger partial charge in [0.05, 0.1) is 45.8 Å². The third kappa shape index (κ3) is 5.21. The number of para-hydroxylation sites is 1. The Kier molecular flexibility index (Phi) is 7.03. The van der Waals surface area contributed by atoms with Crippen LogP contribution in [0.1, 0.15) is 0 Å². The van der Waals surface area contributed by atoms with Gasteiger partial charge >= 0.3 is 0 Å². The number of fused-ring (bicyclic) bond motifs is 12. The fourth-order valence-corrected chi connectivity index (χ4v) is 7.93. The molecule has 11 rings (SSSR count). The van der Waals surface area contributed by atoms with E-state index in [2.05, 4.69) is 176 Å². The second kappa shape index (κ2) is 12.5. The quantitative estimate of drug-likeness (QED) is 0.170. The van der Waals surface area contributed by atoms with Crippen molar-refractivity contribution in [3.8, 4) is 0 Å². The molecule has 6 bridgehead atoms. The first-order chi connectivity index (χ1) is 27.2. The molecule has 0 N–H and O–H groups in total. The van der Waals surface area contributed by atoms with Crippen molar-refractivity contribution in [1.29, 1.82) is 0 Å². The van der Waals surface area contributed by atoms with E-state index in [9.17, 15) is 0 Å². The molecule has 0 saturated heterocycles. The van der Waals surface area contributed by atoms with Crippen molar-refractivity contribution in [2.45, 2.75) is 0 Å². The van der Waals surface area contributed by atoms with Crippen molar-refractivity contribution in [2.24, 2.45) is 0 Å². The predicted molar refractivity (Wildman–Crippen MR) is 225 cm³/mol. The molecule has 6 aromatic carbocycles. The molecular formula is C48H31N7. The molecule has 0 amide bonds. The molecule has 0 unspecified atom stereocenters. The smallest absolute Gasteiger partial charge is 0.0966 e. The molecule has 5 heterocycles. The number of hydrogen-bond acceptors (Lipinski definition) is 7. The zero-order chi connectivity index (χ0) is 36.3. The fraction of sp³-hybridized carbons (Fsp3) is 0. The summed E-state index contributed by atoms with van der Waals surface area (Å²) in [6.07, 6.45) is 7.58. The highest BCUT2D eigenvalue weighted by atomic mass is 15.2. The van der Waals surface area contributed by atoms with Gasteiger partial charge in [-0.3, -0.25) is 19.9 Å². The van der Waals surface area contributed by atoms with Crippen LogP contribution in [0.15, 0.2) is 189 Å². The zero-order valence-corrected chi connectivity index (χ0v) is 29.5. The van der Waals surface area contributed by atoms with Gasteiger partial charge in [0.1, 0.15) is 0 Å². The van der Waals surface area contributed by atoms with Gasteiger partial charge in [-0.1, -0.05) is 72.8 Å². The average molecular weight is 706 g/mol. The summed E-state index contributed by atoms with van der Waals surface area (Å²) in [6, 6.07) is 57.7. The molecule has 1 aliphatic heterocycles. The Morgan fingerprint density at radius 1 is 0.255 bits per heavy atom. The Morgan fingerprint density at radius 3 is 1.05 bits per heavy atom. The monoisotopic (exact) mass is 705 g/mol. The Balaban J connectivity index is 1.17. The summed E-state index contributed by atoms with van der Waals surface area (Å²) < 4.78 is 0. The first-order valence-electron chi connectivity index (χ1n) is 18.3. The number of rotatable bonds is 3. The first-order valence-corrected chi connectivity index (χ1v) is 18.3. The highest BCUT2D eigenvalue weighted by molar-refractivity contribution is 6.05. The Labute approximate surface area is 317 Å². The lowest BCUT2D eigenvalue weighted by molar-refractivity contribution is 1.20. The first kappa shape index (κ1) is 30.9. The third-order valence-electron chi connectivity index (χ3n) is 10.4. The zero-order valence-electron chi connectivity index (χ0n) is 29.5. The van der Waals surface area contributed by atoms with E-state index in [1.165, 1.54) is 0 Å². The fourth-order valence-electron chi connectivity index (χ4n) is 7.93. The van der Waals surface area contributed by atoms with Crippen LogP contribution in [0.25, 0.3) is 43.6 Å². The van der Waals surface area contributed by atoms with Crippen LogP contribution < -0.4 is 14.7 Å². The summed E-state index contributed by atoms with van der Waals surface area (Å²) in [5.41, 5.74) is 12.6. The molecule has 258 valence electrons. The van der Waals surface area contributed by atoms with E-state index in [0.29, 0.717) is 0 Å². The van der Waals surface area contributed by atoms with Crippen molar-refractivity contribution >= 4 is 94.8 Å². The molecule has 0 fully saturated rings. The van der Waals surface area contributed by atoms with Crippen molar-refractivity contribution in [2.75, 3.05) is 14.7 Å². The molecule has 7 heteroatoms. The summed E-state index contributed by atoms with van der Waals surface area (Å²) >= 11 is 0. The summed E-state index contributed by atoms with van der Waals surface area (Å²) in [5, 5.41) is 4.18. The Bertz CT molecular complexity index is 2910. The maximum atomic E-state index is 5.05. The van der Waals surface area contributed by atoms with Crippen LogP contribution in [-0.2, 0) is 0 Å². The number of aromatic nitrogens is 4. The van der Waals surface area contributed by atoms with Crippen molar-refractivity contribution < 1.29 is 0 Å². The van der Waals surface area contributed by atoms with Gasteiger partial charge in [0, 0.05) is 73.8 Å². The molecule has 0 radical (unpaired) electrons. The van der Waals surface area contributed by atoms with Crippen LogP contribution in [0.2, 0.25) is 0 Å². The molecule has 0 atom stereocenters. The van der Waals surface area contributed by atoms with Crippen LogP contribution in [-0.4, -0.2) is 19.9 Å². The summed E-state index contributed by atoms with van der Waals surface area (Å²) in [6.45, 7) is 0. The molecule has 0 spiro atoms. The average Bonchev–Trinajstić information content (AvgIpc) is 3.24. The third-order valence-corrected chi connectivity index (χ3v) is 10.4. The van der Waals surface area contributed by atoms with Gasteiger partial charge in [0.2, 0.25) is 0 Å². The summed E-state index contributed by atoms with van der Waals surface area (Å²) in [5.74, 6) is 0. The lowest BCUT2D eigenvalue weighted by Gasteiger charge is -2.33. The summed E-state index contributed by atoms with van der Waals surface area (Å²) in [4.78, 5) is 26.4. The lowest BCUT2D eigenvalue weighted by atomic mass is 10.1. The number of benzene rings is 6. The van der Waals surface area contributed by atoms with E-state index < -0.39 is 0 Å². The van der Waals surface area contributed by atoms with Crippen molar-refractivity contribution in [1.82, 2.24) is 19.9 Å². The predicted octanol–water partition coefficient (Wildman–Crippen LogP) is 12.6. The van der Waals surface area contributed by atoms with Gasteiger partial charge in [-0.05, 0) is 91.0 Å². The van der Waals surface area contributed by atoms with Crippen LogP contribution in [0.4, 0.5) is 51.2 Å². The van der Waals surface area contributed by atoms with E-state index in [1.807, 2.05) is 36.9 Å². The largest absolute Gasteiger partial charge is 0.310 e. The second-order valence-electron chi connectivity index (χ2n) is 13.7. The number of hydrogen-bond donors (Lipinski definition) is 0. The number of anilines is 9. The number of nitrogens with zero attached hydrogens (tertiary/aromatic N) is 7. The Hall–Kier alpha value is -7.64. The van der Waals surface area contributed by atoms with Gasteiger partial charge in [-0.15, -0.1) is 0 Å². The minimum atomic E-state index is 0.880. The van der Waals surface area contributed by atoms with Crippen LogP contribution >= 0.6 is 0 Å². The van der Waals surface area contributed by atoms with Gasteiger partial charge in [-0.25, -0.2) is 0 Å². The molecule has 55 heavy (non-hydrogen) atoms. The molecule has 0 aliphatic carbocycles. The maximum absolute atomic E-state index is 5.05. The van der Waals surface area contributed by atoms with Crippen LogP contribution in [0.3, 0.4) is 0 Å². The highest BCUT2D eigenvalue weighted by Gasteiger charge is 2.23. The topological polar surface area (TPSA) is 61.3 Å². The van der Waals surface area contributed by atoms with E-state index in [-0.39, 0.29) is 0 Å². The molecule has 1 aliphatic rings. The van der Waals surface area contributed by atoms with Gasteiger partial charge in [0.15, 0.2) is 0 Å². The van der Waals surface area contributed by atoms with E-state index in [0.717, 1.165) is 94.8 Å². The minimum absolute atomic E-state index is 0.880. The van der Waals surface area contributed by atoms with Gasteiger partial charge in [-0.2, -0.15) is 0 Å². The minimum Gasteiger partial charge on any atom is -0.310 e. The SMILES string of the molecule is c1ccc(N2c3cccc(c3)N(c3cnc4c(ccc5cccnc54)c3)c3cccc(c3)N(c3cnc4c(ccc5cccnc54)c3)c3cccc2c3)cc1. The molecule has 0 saturated carbocycles. The van der Waals surface area contributed by atoms with Gasteiger partial charge in [0.25, 0.3) is 0 Å². The summed E-state index contributed by atoms with van der Waals surface area (Å²) in [7, 11) is 0. The van der Waals surface area contributed by atoms with E-state index in [1.54, 1.807) is 0 Å². The molecule has 10 aromatic rings. The van der Waals surface area contributed by atoms with Crippen LogP contribution in [0.5, 0.6) is 0 Å². The van der Waals surface area contributed by atoms with E-state index in [4.69, 9.17) is 9.97 Å². The van der Waals surface area contributed by atoms with Crippen molar-refractivity contribution in [3.05, 3.63) is 189 Å². The Morgan fingerprint density at radius 2 is 0.618 bits per heavy atom.